The lowest BCUT2D eigenvalue weighted by Crippen LogP contribution is -2.31. The Morgan fingerprint density at radius 1 is 1.52 bits per heavy atom. The molecule has 6 heteroatoms. The van der Waals surface area contributed by atoms with Crippen molar-refractivity contribution in [2.45, 2.75) is 46.2 Å². The second-order valence-electron chi connectivity index (χ2n) is 6.04. The van der Waals surface area contributed by atoms with E-state index in [1.54, 1.807) is 6.20 Å². The van der Waals surface area contributed by atoms with Crippen LogP contribution in [0.1, 0.15) is 33.6 Å². The van der Waals surface area contributed by atoms with Crippen molar-refractivity contribution in [1.82, 2.24) is 14.7 Å². The van der Waals surface area contributed by atoms with Crippen LogP contribution in [0.25, 0.3) is 0 Å². The van der Waals surface area contributed by atoms with Gasteiger partial charge in [0.25, 0.3) is 5.56 Å². The lowest BCUT2D eigenvalue weighted by Gasteiger charge is -2.20. The van der Waals surface area contributed by atoms with E-state index in [4.69, 9.17) is 11.6 Å². The first-order chi connectivity index (χ1) is 10.0. The van der Waals surface area contributed by atoms with Gasteiger partial charge in [0, 0.05) is 25.7 Å². The minimum atomic E-state index is -0.218. The molecule has 0 spiro atoms. The number of nitrogens with zero attached hydrogens (tertiary/aromatic N) is 3. The molecule has 0 atom stereocenters. The highest BCUT2D eigenvalue weighted by Gasteiger charge is 2.27. The summed E-state index contributed by atoms with van der Waals surface area (Å²) in [6, 6.07) is 0.754. The number of hydrogen-bond acceptors (Lipinski definition) is 4. The highest BCUT2D eigenvalue weighted by molar-refractivity contribution is 6.32. The molecule has 1 heterocycles. The van der Waals surface area contributed by atoms with E-state index >= 15 is 0 Å². The number of halogens is 1. The van der Waals surface area contributed by atoms with Crippen molar-refractivity contribution in [3.8, 4) is 0 Å². The van der Waals surface area contributed by atoms with Crippen molar-refractivity contribution in [2.75, 3.05) is 25.0 Å². The Balaban J connectivity index is 1.94. The molecule has 21 heavy (non-hydrogen) atoms. The van der Waals surface area contributed by atoms with Crippen LogP contribution in [-0.2, 0) is 6.54 Å². The molecule has 2 rings (SSSR count). The van der Waals surface area contributed by atoms with Gasteiger partial charge in [-0.2, -0.15) is 5.10 Å². The van der Waals surface area contributed by atoms with Crippen LogP contribution in [0.4, 0.5) is 5.69 Å². The maximum Gasteiger partial charge on any atom is 0.287 e. The van der Waals surface area contributed by atoms with Crippen molar-refractivity contribution in [2.24, 2.45) is 5.92 Å². The third kappa shape index (κ3) is 4.45. The van der Waals surface area contributed by atoms with Gasteiger partial charge in [0.2, 0.25) is 0 Å². The quantitative estimate of drug-likeness (QED) is 0.801. The standard InChI is InChI=1S/C15H25ClN4O/c1-4-19(12-5-6-12)8-7-17-13-9-18-20(10-11(2)3)15(21)14(13)16/h9,11-12,17H,4-8,10H2,1-3H3. The van der Waals surface area contributed by atoms with Crippen LogP contribution in [0.3, 0.4) is 0 Å². The van der Waals surface area contributed by atoms with Crippen molar-refractivity contribution in [3.05, 3.63) is 21.6 Å². The predicted octanol–water partition coefficient (Wildman–Crippen LogP) is 2.45. The zero-order chi connectivity index (χ0) is 15.4. The monoisotopic (exact) mass is 312 g/mol. The summed E-state index contributed by atoms with van der Waals surface area (Å²) in [4.78, 5) is 14.6. The van der Waals surface area contributed by atoms with Crippen LogP contribution in [0.5, 0.6) is 0 Å². The molecule has 0 saturated heterocycles. The predicted molar refractivity (Wildman–Crippen MR) is 87.1 cm³/mol. The lowest BCUT2D eigenvalue weighted by atomic mass is 10.2. The number of rotatable bonds is 8. The van der Waals surface area contributed by atoms with E-state index in [-0.39, 0.29) is 10.6 Å². The maximum absolute atomic E-state index is 12.1. The Bertz CT molecular complexity index is 525. The van der Waals surface area contributed by atoms with Crippen molar-refractivity contribution in [3.63, 3.8) is 0 Å². The van der Waals surface area contributed by atoms with Gasteiger partial charge in [0.05, 0.1) is 11.9 Å². The third-order valence-electron chi connectivity index (χ3n) is 3.71. The second kappa shape index (κ2) is 7.27. The zero-order valence-corrected chi connectivity index (χ0v) is 13.9. The number of anilines is 1. The summed E-state index contributed by atoms with van der Waals surface area (Å²) in [5, 5.41) is 7.66. The van der Waals surface area contributed by atoms with E-state index in [1.165, 1.54) is 17.5 Å². The van der Waals surface area contributed by atoms with Gasteiger partial charge >= 0.3 is 0 Å². The average molecular weight is 313 g/mol. The largest absolute Gasteiger partial charge is 0.381 e. The van der Waals surface area contributed by atoms with E-state index in [2.05, 4.69) is 22.2 Å². The first kappa shape index (κ1) is 16.3. The SMILES string of the molecule is CCN(CCNc1cnn(CC(C)C)c(=O)c1Cl)C1CC1. The summed E-state index contributed by atoms with van der Waals surface area (Å²) in [6.45, 7) is 9.67. The van der Waals surface area contributed by atoms with Crippen LogP contribution >= 0.6 is 11.6 Å². The van der Waals surface area contributed by atoms with Crippen molar-refractivity contribution in [1.29, 1.82) is 0 Å². The molecule has 5 nitrogen and oxygen atoms in total. The van der Waals surface area contributed by atoms with Crippen LogP contribution in [0.2, 0.25) is 5.02 Å². The first-order valence-corrected chi connectivity index (χ1v) is 8.14. The van der Waals surface area contributed by atoms with Crippen molar-refractivity contribution >= 4 is 17.3 Å². The minimum absolute atomic E-state index is 0.218. The first-order valence-electron chi connectivity index (χ1n) is 7.76. The van der Waals surface area contributed by atoms with Gasteiger partial charge in [-0.1, -0.05) is 32.4 Å². The minimum Gasteiger partial charge on any atom is -0.381 e. The van der Waals surface area contributed by atoms with Gasteiger partial charge in [0.15, 0.2) is 0 Å². The van der Waals surface area contributed by atoms with Gasteiger partial charge < -0.3 is 5.32 Å². The highest BCUT2D eigenvalue weighted by Crippen LogP contribution is 2.26. The molecule has 1 fully saturated rings. The van der Waals surface area contributed by atoms with Gasteiger partial charge in [0.1, 0.15) is 5.02 Å². The molecule has 118 valence electrons. The molecule has 1 N–H and O–H groups in total. The molecule has 0 amide bonds. The summed E-state index contributed by atoms with van der Waals surface area (Å²) in [6.07, 6.45) is 4.27. The fourth-order valence-electron chi connectivity index (χ4n) is 2.44. The maximum atomic E-state index is 12.1. The average Bonchev–Trinajstić information content (AvgIpc) is 3.26. The Morgan fingerprint density at radius 2 is 2.24 bits per heavy atom. The Kier molecular flexibility index (Phi) is 5.65. The zero-order valence-electron chi connectivity index (χ0n) is 13.1. The van der Waals surface area contributed by atoms with E-state index in [0.29, 0.717) is 18.2 Å². The number of nitrogens with one attached hydrogen (secondary N) is 1. The lowest BCUT2D eigenvalue weighted by molar-refractivity contribution is 0.289. The smallest absolute Gasteiger partial charge is 0.287 e. The molecule has 0 aliphatic heterocycles. The van der Waals surface area contributed by atoms with E-state index in [9.17, 15) is 4.79 Å². The van der Waals surface area contributed by atoms with Crippen molar-refractivity contribution < 1.29 is 0 Å². The van der Waals surface area contributed by atoms with Gasteiger partial charge in [-0.25, -0.2) is 4.68 Å². The summed E-state index contributed by atoms with van der Waals surface area (Å²) in [5.41, 5.74) is 0.415. The van der Waals surface area contributed by atoms with E-state index in [1.807, 2.05) is 13.8 Å². The summed E-state index contributed by atoms with van der Waals surface area (Å²) >= 11 is 6.16. The number of aromatic nitrogens is 2. The second-order valence-corrected chi connectivity index (χ2v) is 6.42. The fourth-order valence-corrected chi connectivity index (χ4v) is 2.65. The molecule has 1 aliphatic carbocycles. The molecular weight excluding hydrogens is 288 g/mol. The normalized spacial score (nSPS) is 15.0. The van der Waals surface area contributed by atoms with Crippen LogP contribution in [0, 0.1) is 5.92 Å². The molecule has 0 radical (unpaired) electrons. The Labute approximate surface area is 131 Å². The van der Waals surface area contributed by atoms with Gasteiger partial charge in [-0.05, 0) is 25.3 Å². The Morgan fingerprint density at radius 3 is 2.81 bits per heavy atom. The summed E-state index contributed by atoms with van der Waals surface area (Å²) < 4.78 is 1.43. The topological polar surface area (TPSA) is 50.2 Å². The molecule has 1 aliphatic rings. The number of likely N-dealkylation sites (N-methyl/N-ethyl adjacent to an activating group) is 1. The molecule has 0 aromatic carbocycles. The highest BCUT2D eigenvalue weighted by atomic mass is 35.5. The van der Waals surface area contributed by atoms with Gasteiger partial charge in [-0.15, -0.1) is 0 Å². The van der Waals surface area contributed by atoms with E-state index in [0.717, 1.165) is 25.7 Å². The van der Waals surface area contributed by atoms with Crippen LogP contribution in [0.15, 0.2) is 11.0 Å². The molecule has 1 aromatic rings. The van der Waals surface area contributed by atoms with Crippen LogP contribution < -0.4 is 10.9 Å². The molecule has 0 unspecified atom stereocenters. The molecule has 0 bridgehead atoms. The van der Waals surface area contributed by atoms with Crippen LogP contribution in [-0.4, -0.2) is 40.4 Å². The van der Waals surface area contributed by atoms with E-state index < -0.39 is 0 Å². The molecule has 1 aromatic heterocycles. The molecular formula is C15H25ClN4O. The Hall–Kier alpha value is -1.07. The fraction of sp³-hybridized carbons (Fsp3) is 0.733. The third-order valence-corrected chi connectivity index (χ3v) is 4.07. The summed E-state index contributed by atoms with van der Waals surface area (Å²) in [7, 11) is 0. The molecule has 1 saturated carbocycles. The number of hydrogen-bond donors (Lipinski definition) is 1. The summed E-state index contributed by atoms with van der Waals surface area (Å²) in [5.74, 6) is 0.363. The van der Waals surface area contributed by atoms with Gasteiger partial charge in [-0.3, -0.25) is 9.69 Å².